The first-order valence-corrected chi connectivity index (χ1v) is 7.06. The van der Waals surface area contributed by atoms with Crippen molar-refractivity contribution in [1.29, 1.82) is 0 Å². The number of aromatic nitrogens is 1. The quantitative estimate of drug-likeness (QED) is 0.877. The highest BCUT2D eigenvalue weighted by Crippen LogP contribution is 2.16. The van der Waals surface area contributed by atoms with Crippen molar-refractivity contribution in [3.05, 3.63) is 59.4 Å². The Kier molecular flexibility index (Phi) is 4.58. The number of hydrogen-bond acceptors (Lipinski definition) is 3. The second-order valence-electron chi connectivity index (χ2n) is 5.44. The molecule has 21 heavy (non-hydrogen) atoms. The number of nitrogen functional groups attached to an aromatic ring is 1. The van der Waals surface area contributed by atoms with Crippen LogP contribution in [0.5, 0.6) is 0 Å². The molecule has 1 aromatic carbocycles. The number of pyridine rings is 1. The van der Waals surface area contributed by atoms with Crippen LogP contribution in [0.3, 0.4) is 0 Å². The van der Waals surface area contributed by atoms with Gasteiger partial charge in [-0.2, -0.15) is 0 Å². The molecular formula is C17H21N3O. The van der Waals surface area contributed by atoms with Gasteiger partial charge in [-0.15, -0.1) is 0 Å². The molecule has 0 radical (unpaired) electrons. The van der Waals surface area contributed by atoms with Gasteiger partial charge in [0.15, 0.2) is 0 Å². The number of benzene rings is 1. The van der Waals surface area contributed by atoms with E-state index in [1.807, 2.05) is 62.1 Å². The maximum Gasteiger partial charge on any atom is 0.273 e. The van der Waals surface area contributed by atoms with Gasteiger partial charge in [-0.05, 0) is 50.1 Å². The zero-order chi connectivity index (χ0) is 15.4. The summed E-state index contributed by atoms with van der Waals surface area (Å²) in [6.45, 7) is 6.43. The lowest BCUT2D eigenvalue weighted by molar-refractivity contribution is 0.0683. The Morgan fingerprint density at radius 1 is 1.29 bits per heavy atom. The summed E-state index contributed by atoms with van der Waals surface area (Å²) in [6.07, 6.45) is 1.65. The number of rotatable bonds is 4. The van der Waals surface area contributed by atoms with E-state index < -0.39 is 0 Å². The van der Waals surface area contributed by atoms with Gasteiger partial charge in [0.05, 0.1) is 0 Å². The highest BCUT2D eigenvalue weighted by molar-refractivity contribution is 5.93. The van der Waals surface area contributed by atoms with Crippen molar-refractivity contribution in [3.63, 3.8) is 0 Å². The Morgan fingerprint density at radius 2 is 2.05 bits per heavy atom. The third kappa shape index (κ3) is 3.60. The largest absolute Gasteiger partial charge is 0.399 e. The molecule has 0 saturated heterocycles. The smallest absolute Gasteiger partial charge is 0.273 e. The van der Waals surface area contributed by atoms with Crippen molar-refractivity contribution >= 4 is 11.6 Å². The zero-order valence-corrected chi connectivity index (χ0v) is 12.7. The lowest BCUT2D eigenvalue weighted by Crippen LogP contribution is -2.37. The number of amides is 1. The highest BCUT2D eigenvalue weighted by atomic mass is 16.2. The van der Waals surface area contributed by atoms with Gasteiger partial charge in [0.25, 0.3) is 5.91 Å². The zero-order valence-electron chi connectivity index (χ0n) is 12.7. The van der Waals surface area contributed by atoms with E-state index in [1.54, 1.807) is 6.20 Å². The summed E-state index contributed by atoms with van der Waals surface area (Å²) in [5, 5.41) is 0. The molecule has 0 atom stereocenters. The summed E-state index contributed by atoms with van der Waals surface area (Å²) in [5.41, 5.74) is 8.93. The number of aryl methyl sites for hydroxylation is 1. The monoisotopic (exact) mass is 283 g/mol. The van der Waals surface area contributed by atoms with Crippen LogP contribution in [0, 0.1) is 6.92 Å². The van der Waals surface area contributed by atoms with E-state index in [2.05, 4.69) is 4.98 Å². The molecule has 0 saturated carbocycles. The second-order valence-corrected chi connectivity index (χ2v) is 5.44. The van der Waals surface area contributed by atoms with Crippen molar-refractivity contribution in [2.45, 2.75) is 33.4 Å². The van der Waals surface area contributed by atoms with Crippen LogP contribution >= 0.6 is 0 Å². The van der Waals surface area contributed by atoms with Gasteiger partial charge < -0.3 is 10.6 Å². The van der Waals surface area contributed by atoms with Crippen LogP contribution in [0.1, 0.15) is 35.5 Å². The van der Waals surface area contributed by atoms with Crippen molar-refractivity contribution in [1.82, 2.24) is 9.88 Å². The SMILES string of the molecule is Cc1cccnc1C(=O)N(Cc1cccc(N)c1)C(C)C. The van der Waals surface area contributed by atoms with Gasteiger partial charge in [-0.25, -0.2) is 0 Å². The molecule has 0 spiro atoms. The van der Waals surface area contributed by atoms with Gasteiger partial charge in [0.2, 0.25) is 0 Å². The predicted octanol–water partition coefficient (Wildman–Crippen LogP) is 3.02. The predicted molar refractivity (Wildman–Crippen MR) is 84.8 cm³/mol. The van der Waals surface area contributed by atoms with E-state index in [0.717, 1.165) is 11.1 Å². The summed E-state index contributed by atoms with van der Waals surface area (Å²) in [6, 6.07) is 11.4. The molecule has 0 unspecified atom stereocenters. The van der Waals surface area contributed by atoms with E-state index in [4.69, 9.17) is 5.73 Å². The molecule has 0 fully saturated rings. The first kappa shape index (κ1) is 15.0. The molecule has 4 heteroatoms. The van der Waals surface area contributed by atoms with Crippen LogP contribution in [-0.2, 0) is 6.54 Å². The number of hydrogen-bond donors (Lipinski definition) is 1. The molecule has 1 amide bonds. The molecule has 110 valence electrons. The maximum absolute atomic E-state index is 12.7. The Morgan fingerprint density at radius 3 is 2.67 bits per heavy atom. The number of carbonyl (C=O) groups is 1. The standard InChI is InChI=1S/C17H21N3O/c1-12(2)20(11-14-7-4-8-15(18)10-14)17(21)16-13(3)6-5-9-19-16/h4-10,12H,11,18H2,1-3H3. The topological polar surface area (TPSA) is 59.2 Å². The summed E-state index contributed by atoms with van der Waals surface area (Å²) < 4.78 is 0. The number of nitrogens with zero attached hydrogens (tertiary/aromatic N) is 2. The Bertz CT molecular complexity index is 637. The molecule has 0 aliphatic rings. The normalized spacial score (nSPS) is 10.7. The molecule has 0 aliphatic carbocycles. The Balaban J connectivity index is 2.27. The van der Waals surface area contributed by atoms with Crippen LogP contribution in [0.4, 0.5) is 5.69 Å². The van der Waals surface area contributed by atoms with Gasteiger partial charge >= 0.3 is 0 Å². The average molecular weight is 283 g/mol. The summed E-state index contributed by atoms with van der Waals surface area (Å²) in [4.78, 5) is 18.8. The fraction of sp³-hybridized carbons (Fsp3) is 0.294. The maximum atomic E-state index is 12.7. The molecular weight excluding hydrogens is 262 g/mol. The van der Waals surface area contributed by atoms with Crippen molar-refractivity contribution in [3.8, 4) is 0 Å². The lowest BCUT2D eigenvalue weighted by atomic mass is 10.1. The van der Waals surface area contributed by atoms with Crippen LogP contribution < -0.4 is 5.73 Å². The highest BCUT2D eigenvalue weighted by Gasteiger charge is 2.21. The van der Waals surface area contributed by atoms with E-state index in [0.29, 0.717) is 17.9 Å². The third-order valence-corrected chi connectivity index (χ3v) is 3.40. The van der Waals surface area contributed by atoms with Crippen LogP contribution in [0.25, 0.3) is 0 Å². The average Bonchev–Trinajstić information content (AvgIpc) is 2.44. The van der Waals surface area contributed by atoms with E-state index >= 15 is 0 Å². The molecule has 1 heterocycles. The molecule has 0 aliphatic heterocycles. The minimum Gasteiger partial charge on any atom is -0.399 e. The molecule has 2 rings (SSSR count). The van der Waals surface area contributed by atoms with Crippen LogP contribution in [0.15, 0.2) is 42.6 Å². The molecule has 0 bridgehead atoms. The van der Waals surface area contributed by atoms with E-state index in [9.17, 15) is 4.79 Å². The van der Waals surface area contributed by atoms with Crippen molar-refractivity contribution in [2.75, 3.05) is 5.73 Å². The Hall–Kier alpha value is -2.36. The Labute approximate surface area is 125 Å². The minimum atomic E-state index is -0.0504. The van der Waals surface area contributed by atoms with E-state index in [1.165, 1.54) is 0 Å². The van der Waals surface area contributed by atoms with Crippen LogP contribution in [0.2, 0.25) is 0 Å². The summed E-state index contributed by atoms with van der Waals surface area (Å²) >= 11 is 0. The number of carbonyl (C=O) groups excluding carboxylic acids is 1. The number of nitrogens with two attached hydrogens (primary N) is 1. The van der Waals surface area contributed by atoms with Crippen molar-refractivity contribution < 1.29 is 4.79 Å². The van der Waals surface area contributed by atoms with Gasteiger partial charge in [0, 0.05) is 24.5 Å². The molecule has 2 N–H and O–H groups in total. The fourth-order valence-electron chi connectivity index (χ4n) is 2.22. The number of anilines is 1. The fourth-order valence-corrected chi connectivity index (χ4v) is 2.22. The van der Waals surface area contributed by atoms with Crippen molar-refractivity contribution in [2.24, 2.45) is 0 Å². The van der Waals surface area contributed by atoms with Gasteiger partial charge in [0.1, 0.15) is 5.69 Å². The first-order valence-electron chi connectivity index (χ1n) is 7.06. The molecule has 4 nitrogen and oxygen atoms in total. The second kappa shape index (κ2) is 6.39. The van der Waals surface area contributed by atoms with E-state index in [-0.39, 0.29) is 11.9 Å². The third-order valence-electron chi connectivity index (χ3n) is 3.40. The lowest BCUT2D eigenvalue weighted by Gasteiger charge is -2.27. The van der Waals surface area contributed by atoms with Crippen LogP contribution in [-0.4, -0.2) is 21.8 Å². The van der Waals surface area contributed by atoms with Gasteiger partial charge in [-0.3, -0.25) is 9.78 Å². The summed E-state index contributed by atoms with van der Waals surface area (Å²) in [7, 11) is 0. The minimum absolute atomic E-state index is 0.0504. The van der Waals surface area contributed by atoms with Gasteiger partial charge in [-0.1, -0.05) is 18.2 Å². The summed E-state index contributed by atoms with van der Waals surface area (Å²) in [5.74, 6) is -0.0504. The molecule has 1 aromatic heterocycles. The molecule has 2 aromatic rings. The first-order chi connectivity index (χ1) is 9.99.